The summed E-state index contributed by atoms with van der Waals surface area (Å²) in [6.07, 6.45) is -0.144. The maximum Gasteiger partial charge on any atom is 0.234 e. The molecule has 0 unspecified atom stereocenters. The van der Waals surface area contributed by atoms with Crippen LogP contribution in [0.1, 0.15) is 22.7 Å². The van der Waals surface area contributed by atoms with Crippen LogP contribution in [0.3, 0.4) is 0 Å². The molecule has 4 rings (SSSR count). The Morgan fingerprint density at radius 1 is 1.23 bits per heavy atom. The van der Waals surface area contributed by atoms with Gasteiger partial charge in [0.05, 0.1) is 5.75 Å². The van der Waals surface area contributed by atoms with Gasteiger partial charge in [-0.15, -0.1) is 5.11 Å². The number of fused-ring (bicyclic) bond motifs is 3. The number of aliphatic imine (C=N–C) groups is 1. The van der Waals surface area contributed by atoms with Gasteiger partial charge in [-0.25, -0.2) is 4.99 Å². The van der Waals surface area contributed by atoms with Crippen molar-refractivity contribution in [2.24, 2.45) is 15.2 Å². The molecule has 0 aromatic heterocycles. The number of aryl methyl sites for hydroxylation is 2. The predicted molar refractivity (Wildman–Crippen MR) is 106 cm³/mol. The Kier molecular flexibility index (Phi) is 4.46. The van der Waals surface area contributed by atoms with Gasteiger partial charge < -0.3 is 10.6 Å². The topological polar surface area (TPSA) is 78.2 Å². The normalized spacial score (nSPS) is 20.0. The number of thioether (sulfide) groups is 1. The Balaban J connectivity index is 1.36. The van der Waals surface area contributed by atoms with E-state index in [0.717, 1.165) is 22.5 Å². The Labute approximate surface area is 156 Å². The summed E-state index contributed by atoms with van der Waals surface area (Å²) in [4.78, 5) is 16.8. The fourth-order valence-corrected chi connectivity index (χ4v) is 3.74. The van der Waals surface area contributed by atoms with Gasteiger partial charge in [-0.2, -0.15) is 5.11 Å². The Morgan fingerprint density at radius 2 is 2.08 bits per heavy atom. The summed E-state index contributed by atoms with van der Waals surface area (Å²) in [7, 11) is 0. The lowest BCUT2D eigenvalue weighted by Crippen LogP contribution is -2.22. The molecule has 0 saturated carbocycles. The number of azo groups is 1. The van der Waals surface area contributed by atoms with Crippen LogP contribution < -0.4 is 10.6 Å². The Bertz CT molecular complexity index is 924. The molecule has 2 aromatic carbocycles. The molecule has 0 saturated heterocycles. The summed E-state index contributed by atoms with van der Waals surface area (Å²) in [5.41, 5.74) is 5.22. The number of hydrogen-bond donors (Lipinski definition) is 2. The lowest BCUT2D eigenvalue weighted by atomic mass is 10.1. The number of para-hydroxylation sites is 1. The molecule has 6 nitrogen and oxygen atoms in total. The van der Waals surface area contributed by atoms with Crippen LogP contribution in [0, 0.1) is 13.8 Å². The second-order valence-corrected chi connectivity index (χ2v) is 7.35. The van der Waals surface area contributed by atoms with E-state index >= 15 is 0 Å². The number of rotatable bonds is 3. The Morgan fingerprint density at radius 3 is 2.92 bits per heavy atom. The lowest BCUT2D eigenvalue weighted by Gasteiger charge is -2.16. The number of hydrogen-bond acceptors (Lipinski definition) is 6. The van der Waals surface area contributed by atoms with Gasteiger partial charge in [0.1, 0.15) is 6.04 Å². The van der Waals surface area contributed by atoms with Gasteiger partial charge in [-0.3, -0.25) is 4.79 Å². The first kappa shape index (κ1) is 16.8. The zero-order valence-electron chi connectivity index (χ0n) is 14.6. The molecule has 2 N–H and O–H groups in total. The third kappa shape index (κ3) is 3.35. The highest BCUT2D eigenvalue weighted by molar-refractivity contribution is 8.14. The number of benzene rings is 2. The minimum absolute atomic E-state index is 0.0790. The third-order valence-corrected chi connectivity index (χ3v) is 5.24. The highest BCUT2D eigenvalue weighted by Crippen LogP contribution is 2.39. The minimum Gasteiger partial charge on any atom is -0.361 e. The molecule has 1 amide bonds. The van der Waals surface area contributed by atoms with Crippen molar-refractivity contribution in [3.63, 3.8) is 0 Å². The predicted octanol–water partition coefficient (Wildman–Crippen LogP) is 4.29. The summed E-state index contributed by atoms with van der Waals surface area (Å²) in [5, 5.41) is 15.4. The van der Waals surface area contributed by atoms with E-state index in [1.54, 1.807) is 0 Å². The molecule has 2 aromatic rings. The van der Waals surface area contributed by atoms with Crippen molar-refractivity contribution >= 4 is 34.2 Å². The second-order valence-electron chi connectivity index (χ2n) is 6.40. The summed E-state index contributed by atoms with van der Waals surface area (Å²) < 4.78 is 0. The van der Waals surface area contributed by atoms with Crippen molar-refractivity contribution in [3.8, 4) is 0 Å². The SMILES string of the molecule is Cc1ccc(NC(=O)CSC2=N[C@H]3Nc4ccccc4[C@@H]3N=N2)c(C)c1. The van der Waals surface area contributed by atoms with Crippen molar-refractivity contribution in [2.75, 3.05) is 16.4 Å². The number of amides is 1. The van der Waals surface area contributed by atoms with Crippen LogP contribution >= 0.6 is 11.8 Å². The van der Waals surface area contributed by atoms with Crippen LogP contribution in [0.2, 0.25) is 0 Å². The minimum atomic E-state index is -0.144. The van der Waals surface area contributed by atoms with Gasteiger partial charge in [0.25, 0.3) is 0 Å². The fourth-order valence-electron chi connectivity index (χ4n) is 3.12. The van der Waals surface area contributed by atoms with Crippen LogP contribution in [0.25, 0.3) is 0 Å². The van der Waals surface area contributed by atoms with Crippen molar-refractivity contribution in [3.05, 3.63) is 59.2 Å². The lowest BCUT2D eigenvalue weighted by molar-refractivity contribution is -0.113. The molecule has 0 fully saturated rings. The van der Waals surface area contributed by atoms with E-state index in [0.29, 0.717) is 5.17 Å². The monoisotopic (exact) mass is 365 g/mol. The van der Waals surface area contributed by atoms with Crippen molar-refractivity contribution in [2.45, 2.75) is 26.1 Å². The fraction of sp³-hybridized carbons (Fsp3) is 0.263. The van der Waals surface area contributed by atoms with E-state index in [1.165, 1.54) is 17.3 Å². The first-order valence-corrected chi connectivity index (χ1v) is 9.43. The van der Waals surface area contributed by atoms with Gasteiger partial charge >= 0.3 is 0 Å². The van der Waals surface area contributed by atoms with E-state index < -0.39 is 0 Å². The van der Waals surface area contributed by atoms with Gasteiger partial charge in [0, 0.05) is 16.9 Å². The first-order chi connectivity index (χ1) is 12.6. The standard InChI is InChI=1S/C19H19N5OS/c1-11-7-8-14(12(2)9-11)20-16(25)10-26-19-22-18-17(23-24-19)13-5-3-4-6-15(13)21-18/h3-9,17-18,21H,10H2,1-2H3,(H,20,25)/t17-,18+/m0/s1. The molecule has 0 aliphatic carbocycles. The molecule has 7 heteroatoms. The maximum atomic E-state index is 12.2. The van der Waals surface area contributed by atoms with E-state index in [4.69, 9.17) is 0 Å². The number of nitrogens with one attached hydrogen (secondary N) is 2. The molecule has 0 spiro atoms. The number of carbonyl (C=O) groups excluding carboxylic acids is 1. The quantitative estimate of drug-likeness (QED) is 0.852. The summed E-state index contributed by atoms with van der Waals surface area (Å²) >= 11 is 1.30. The van der Waals surface area contributed by atoms with Gasteiger partial charge in [-0.05, 0) is 31.5 Å². The number of amidine groups is 1. The molecule has 2 atom stereocenters. The largest absolute Gasteiger partial charge is 0.361 e. The molecule has 2 heterocycles. The van der Waals surface area contributed by atoms with Crippen LogP contribution in [0.15, 0.2) is 57.7 Å². The maximum absolute atomic E-state index is 12.2. The van der Waals surface area contributed by atoms with Gasteiger partial charge in [0.15, 0.2) is 6.17 Å². The van der Waals surface area contributed by atoms with Gasteiger partial charge in [-0.1, -0.05) is 47.7 Å². The van der Waals surface area contributed by atoms with Gasteiger partial charge in [0.2, 0.25) is 11.1 Å². The Hall–Kier alpha value is -2.67. The molecular weight excluding hydrogens is 346 g/mol. The molecule has 0 radical (unpaired) electrons. The molecular formula is C19H19N5OS. The zero-order chi connectivity index (χ0) is 18.1. The highest BCUT2D eigenvalue weighted by Gasteiger charge is 2.34. The molecule has 2 aliphatic heterocycles. The third-order valence-electron chi connectivity index (χ3n) is 4.39. The van der Waals surface area contributed by atoms with Crippen molar-refractivity contribution in [1.29, 1.82) is 0 Å². The first-order valence-electron chi connectivity index (χ1n) is 8.44. The van der Waals surface area contributed by atoms with Crippen LogP contribution in [-0.2, 0) is 4.79 Å². The molecule has 26 heavy (non-hydrogen) atoms. The smallest absolute Gasteiger partial charge is 0.234 e. The highest BCUT2D eigenvalue weighted by atomic mass is 32.2. The summed E-state index contributed by atoms with van der Waals surface area (Å²) in [6.45, 7) is 4.02. The zero-order valence-corrected chi connectivity index (χ0v) is 15.4. The van der Waals surface area contributed by atoms with Crippen LogP contribution in [-0.4, -0.2) is 23.0 Å². The van der Waals surface area contributed by atoms with E-state index in [1.807, 2.05) is 56.3 Å². The average Bonchev–Trinajstić information content (AvgIpc) is 3.00. The average molecular weight is 365 g/mol. The van der Waals surface area contributed by atoms with E-state index in [2.05, 4.69) is 25.9 Å². The summed E-state index contributed by atoms with van der Waals surface area (Å²) in [6, 6.07) is 13.9. The van der Waals surface area contributed by atoms with E-state index in [-0.39, 0.29) is 23.9 Å². The molecule has 132 valence electrons. The summed E-state index contributed by atoms with van der Waals surface area (Å²) in [5.74, 6) is 0.167. The molecule has 0 bridgehead atoms. The second kappa shape index (κ2) is 6.92. The molecule has 2 aliphatic rings. The number of carbonyl (C=O) groups is 1. The van der Waals surface area contributed by atoms with E-state index in [9.17, 15) is 4.79 Å². The van der Waals surface area contributed by atoms with Crippen molar-refractivity contribution in [1.82, 2.24) is 0 Å². The number of anilines is 2. The van der Waals surface area contributed by atoms with Crippen LogP contribution in [0.5, 0.6) is 0 Å². The van der Waals surface area contributed by atoms with Crippen LogP contribution in [0.4, 0.5) is 11.4 Å². The van der Waals surface area contributed by atoms with Crippen molar-refractivity contribution < 1.29 is 4.79 Å². The number of nitrogens with zero attached hydrogens (tertiary/aromatic N) is 3.